The number of anilines is 1. The van der Waals surface area contributed by atoms with Crippen LogP contribution in [0.25, 0.3) is 11.3 Å². The zero-order valence-corrected chi connectivity index (χ0v) is 19.6. The number of carbonyl (C=O) groups excluding carboxylic acids is 1. The number of rotatable bonds is 8. The first-order valence-electron chi connectivity index (χ1n) is 10.4. The summed E-state index contributed by atoms with van der Waals surface area (Å²) in [5.74, 6) is 1.62. The van der Waals surface area contributed by atoms with Crippen LogP contribution in [0.5, 0.6) is 11.5 Å². The number of thiazole rings is 1. The normalized spacial score (nSPS) is 10.9. The molecule has 1 amide bonds. The number of amides is 1. The summed E-state index contributed by atoms with van der Waals surface area (Å²) in [6.45, 7) is 6.19. The van der Waals surface area contributed by atoms with Gasteiger partial charge in [0.1, 0.15) is 18.1 Å². The fraction of sp³-hybridized carbons (Fsp3) is 0.261. The number of nitrogens with one attached hydrogen (secondary N) is 1. The molecular formula is C23H24N6O3S. The van der Waals surface area contributed by atoms with E-state index in [-0.39, 0.29) is 18.6 Å². The second-order valence-corrected chi connectivity index (χ2v) is 8.50. The van der Waals surface area contributed by atoms with E-state index in [1.807, 2.05) is 44.4 Å². The van der Waals surface area contributed by atoms with Gasteiger partial charge in [-0.15, -0.1) is 16.4 Å². The minimum Gasteiger partial charge on any atom is -0.496 e. The molecule has 0 fully saturated rings. The van der Waals surface area contributed by atoms with Gasteiger partial charge in [0.15, 0.2) is 11.0 Å². The molecule has 1 N–H and O–H groups in total. The van der Waals surface area contributed by atoms with Crippen molar-refractivity contribution in [2.75, 3.05) is 12.4 Å². The SMILES string of the molecule is COc1ccc(C)cc1-c1csc(NC(=O)c2cccc(OCc3nnnn3C(C)C)c2)n1. The summed E-state index contributed by atoms with van der Waals surface area (Å²) >= 11 is 1.35. The number of ether oxygens (including phenoxy) is 2. The maximum absolute atomic E-state index is 12.8. The highest BCUT2D eigenvalue weighted by Gasteiger charge is 2.14. The molecule has 0 bridgehead atoms. The summed E-state index contributed by atoms with van der Waals surface area (Å²) in [6, 6.07) is 13.0. The minimum atomic E-state index is -0.274. The second kappa shape index (κ2) is 9.78. The first-order chi connectivity index (χ1) is 15.9. The first kappa shape index (κ1) is 22.4. The smallest absolute Gasteiger partial charge is 0.257 e. The van der Waals surface area contributed by atoms with Crippen molar-refractivity contribution in [3.05, 3.63) is 64.8 Å². The van der Waals surface area contributed by atoms with E-state index in [2.05, 4.69) is 25.8 Å². The number of tetrazole rings is 1. The summed E-state index contributed by atoms with van der Waals surface area (Å²) in [6.07, 6.45) is 0. The molecule has 0 saturated heterocycles. The highest BCUT2D eigenvalue weighted by Crippen LogP contribution is 2.33. The van der Waals surface area contributed by atoms with E-state index in [1.54, 1.807) is 36.1 Å². The molecule has 0 aliphatic rings. The number of nitrogens with zero attached hydrogens (tertiary/aromatic N) is 5. The predicted octanol–water partition coefficient (Wildman–Crippen LogP) is 4.53. The summed E-state index contributed by atoms with van der Waals surface area (Å²) in [5.41, 5.74) is 3.19. The Bertz CT molecular complexity index is 1270. The van der Waals surface area contributed by atoms with Gasteiger partial charge in [-0.25, -0.2) is 9.67 Å². The Labute approximate surface area is 195 Å². The molecule has 2 aromatic heterocycles. The topological polar surface area (TPSA) is 104 Å². The standard InChI is InChI=1S/C23H24N6O3S/c1-14(2)29-21(26-27-28-29)12-32-17-7-5-6-16(11-17)22(30)25-23-24-19(13-33-23)18-10-15(3)8-9-20(18)31-4/h5-11,13-14H,12H2,1-4H3,(H,24,25,30). The summed E-state index contributed by atoms with van der Waals surface area (Å²) < 4.78 is 13.0. The second-order valence-electron chi connectivity index (χ2n) is 7.65. The lowest BCUT2D eigenvalue weighted by molar-refractivity contribution is 0.102. The third-order valence-corrected chi connectivity index (χ3v) is 5.63. The first-order valence-corrected chi connectivity index (χ1v) is 11.2. The number of methoxy groups -OCH3 is 1. The van der Waals surface area contributed by atoms with Crippen molar-refractivity contribution in [1.29, 1.82) is 0 Å². The lowest BCUT2D eigenvalue weighted by Crippen LogP contribution is -2.12. The van der Waals surface area contributed by atoms with Crippen molar-refractivity contribution >= 4 is 22.4 Å². The fourth-order valence-electron chi connectivity index (χ4n) is 3.23. The molecule has 33 heavy (non-hydrogen) atoms. The van der Waals surface area contributed by atoms with E-state index in [0.29, 0.717) is 22.3 Å². The Balaban J connectivity index is 1.44. The van der Waals surface area contributed by atoms with Crippen LogP contribution < -0.4 is 14.8 Å². The summed E-state index contributed by atoms with van der Waals surface area (Å²) in [5, 5.41) is 16.9. The number of benzene rings is 2. The van der Waals surface area contributed by atoms with E-state index in [4.69, 9.17) is 9.47 Å². The Kier molecular flexibility index (Phi) is 6.64. The zero-order chi connectivity index (χ0) is 23.4. The molecule has 0 saturated carbocycles. The van der Waals surface area contributed by atoms with Crippen LogP contribution in [0.15, 0.2) is 47.8 Å². The number of hydrogen-bond acceptors (Lipinski definition) is 8. The van der Waals surface area contributed by atoms with Gasteiger partial charge >= 0.3 is 0 Å². The Morgan fingerprint density at radius 2 is 2.06 bits per heavy atom. The van der Waals surface area contributed by atoms with Crippen molar-refractivity contribution in [2.24, 2.45) is 0 Å². The molecule has 0 aliphatic heterocycles. The van der Waals surface area contributed by atoms with Gasteiger partial charge in [-0.3, -0.25) is 10.1 Å². The Morgan fingerprint density at radius 1 is 1.21 bits per heavy atom. The molecule has 4 rings (SSSR count). The molecule has 2 heterocycles. The molecule has 0 aliphatic carbocycles. The third-order valence-electron chi connectivity index (χ3n) is 4.87. The molecule has 170 valence electrons. The number of carbonyl (C=O) groups is 1. The van der Waals surface area contributed by atoms with Crippen molar-refractivity contribution < 1.29 is 14.3 Å². The van der Waals surface area contributed by atoms with Crippen LogP contribution in [0.4, 0.5) is 5.13 Å². The molecule has 4 aromatic rings. The predicted molar refractivity (Wildman–Crippen MR) is 126 cm³/mol. The highest BCUT2D eigenvalue weighted by molar-refractivity contribution is 7.14. The molecule has 0 unspecified atom stereocenters. The largest absolute Gasteiger partial charge is 0.496 e. The quantitative estimate of drug-likeness (QED) is 0.409. The zero-order valence-electron chi connectivity index (χ0n) is 18.8. The van der Waals surface area contributed by atoms with Crippen molar-refractivity contribution in [1.82, 2.24) is 25.2 Å². The third kappa shape index (κ3) is 5.17. The molecular weight excluding hydrogens is 440 g/mol. The van der Waals surface area contributed by atoms with Crippen LogP contribution in [0.3, 0.4) is 0 Å². The maximum Gasteiger partial charge on any atom is 0.257 e. The van der Waals surface area contributed by atoms with Gasteiger partial charge < -0.3 is 9.47 Å². The van der Waals surface area contributed by atoms with Gasteiger partial charge in [0.05, 0.1) is 18.8 Å². The van der Waals surface area contributed by atoms with E-state index < -0.39 is 0 Å². The van der Waals surface area contributed by atoms with Crippen LogP contribution in [0.2, 0.25) is 0 Å². The Hall–Kier alpha value is -3.79. The number of aromatic nitrogens is 5. The molecule has 9 nitrogen and oxygen atoms in total. The van der Waals surface area contributed by atoms with Gasteiger partial charge in [0, 0.05) is 16.5 Å². The lowest BCUT2D eigenvalue weighted by Gasteiger charge is -2.10. The molecule has 2 aromatic carbocycles. The number of aryl methyl sites for hydroxylation is 1. The van der Waals surface area contributed by atoms with Gasteiger partial charge in [0.2, 0.25) is 0 Å². The van der Waals surface area contributed by atoms with E-state index >= 15 is 0 Å². The average molecular weight is 465 g/mol. The summed E-state index contributed by atoms with van der Waals surface area (Å²) in [7, 11) is 1.63. The van der Waals surface area contributed by atoms with E-state index in [9.17, 15) is 4.79 Å². The van der Waals surface area contributed by atoms with Crippen LogP contribution >= 0.6 is 11.3 Å². The van der Waals surface area contributed by atoms with Crippen LogP contribution in [0, 0.1) is 6.92 Å². The summed E-state index contributed by atoms with van der Waals surface area (Å²) in [4.78, 5) is 17.4. The lowest BCUT2D eigenvalue weighted by atomic mass is 10.1. The molecule has 0 spiro atoms. The maximum atomic E-state index is 12.8. The van der Waals surface area contributed by atoms with Crippen molar-refractivity contribution in [2.45, 2.75) is 33.4 Å². The van der Waals surface area contributed by atoms with Gasteiger partial charge in [0.25, 0.3) is 5.91 Å². The van der Waals surface area contributed by atoms with Gasteiger partial charge in [-0.05, 0) is 61.5 Å². The minimum absolute atomic E-state index is 0.124. The van der Waals surface area contributed by atoms with Crippen LogP contribution in [0.1, 0.15) is 41.6 Å². The van der Waals surface area contributed by atoms with Gasteiger partial charge in [-0.1, -0.05) is 17.7 Å². The molecule has 10 heteroatoms. The Morgan fingerprint density at radius 3 is 2.85 bits per heavy atom. The van der Waals surface area contributed by atoms with Gasteiger partial charge in [-0.2, -0.15) is 0 Å². The monoisotopic (exact) mass is 464 g/mol. The van der Waals surface area contributed by atoms with Crippen molar-refractivity contribution in [3.63, 3.8) is 0 Å². The molecule has 0 radical (unpaired) electrons. The van der Waals surface area contributed by atoms with Crippen molar-refractivity contribution in [3.8, 4) is 22.8 Å². The molecule has 0 atom stereocenters. The highest BCUT2D eigenvalue weighted by atomic mass is 32.1. The van der Waals surface area contributed by atoms with E-state index in [0.717, 1.165) is 22.6 Å². The fourth-order valence-corrected chi connectivity index (χ4v) is 3.94. The van der Waals surface area contributed by atoms with Crippen LogP contribution in [-0.2, 0) is 6.61 Å². The number of hydrogen-bond donors (Lipinski definition) is 1. The van der Waals surface area contributed by atoms with Crippen LogP contribution in [-0.4, -0.2) is 38.2 Å². The van der Waals surface area contributed by atoms with E-state index in [1.165, 1.54) is 11.3 Å². The average Bonchev–Trinajstić information content (AvgIpc) is 3.47.